The quantitative estimate of drug-likeness (QED) is 0.852. The Hall–Kier alpha value is -1.79. The highest BCUT2D eigenvalue weighted by atomic mass is 32.1. The molecule has 2 aromatic rings. The summed E-state index contributed by atoms with van der Waals surface area (Å²) in [6.07, 6.45) is 0.919. The van der Waals surface area contributed by atoms with Gasteiger partial charge in [0.25, 0.3) is 0 Å². The SMILES string of the molecule is CCc1nc(COc2c(OC)cc(CO)cc2OC)cs1. The molecule has 2 rings (SSSR count). The Labute approximate surface area is 128 Å². The molecule has 0 fully saturated rings. The summed E-state index contributed by atoms with van der Waals surface area (Å²) in [4.78, 5) is 4.46. The van der Waals surface area contributed by atoms with Crippen LogP contribution >= 0.6 is 11.3 Å². The van der Waals surface area contributed by atoms with E-state index < -0.39 is 0 Å². The normalized spacial score (nSPS) is 10.5. The number of aryl methyl sites for hydroxylation is 1. The van der Waals surface area contributed by atoms with Gasteiger partial charge in [-0.3, -0.25) is 0 Å². The van der Waals surface area contributed by atoms with E-state index in [1.807, 2.05) is 5.38 Å². The largest absolute Gasteiger partial charge is 0.493 e. The van der Waals surface area contributed by atoms with E-state index in [1.54, 1.807) is 37.7 Å². The average molecular weight is 309 g/mol. The molecule has 0 atom stereocenters. The Morgan fingerprint density at radius 1 is 1.19 bits per heavy atom. The summed E-state index contributed by atoms with van der Waals surface area (Å²) in [5.74, 6) is 1.58. The Morgan fingerprint density at radius 3 is 2.33 bits per heavy atom. The van der Waals surface area contributed by atoms with Gasteiger partial charge in [0.15, 0.2) is 11.5 Å². The van der Waals surface area contributed by atoms with Gasteiger partial charge >= 0.3 is 0 Å². The first kappa shape index (κ1) is 15.6. The topological polar surface area (TPSA) is 60.8 Å². The van der Waals surface area contributed by atoms with Gasteiger partial charge in [0, 0.05) is 5.38 Å². The summed E-state index contributed by atoms with van der Waals surface area (Å²) in [6.45, 7) is 2.34. The van der Waals surface area contributed by atoms with Crippen molar-refractivity contribution in [2.75, 3.05) is 14.2 Å². The van der Waals surface area contributed by atoms with E-state index in [0.717, 1.165) is 17.1 Å². The number of nitrogens with zero attached hydrogens (tertiary/aromatic N) is 1. The zero-order chi connectivity index (χ0) is 15.2. The monoisotopic (exact) mass is 309 g/mol. The maximum Gasteiger partial charge on any atom is 0.203 e. The summed E-state index contributed by atoms with van der Waals surface area (Å²) in [5.41, 5.74) is 1.59. The number of thiazole rings is 1. The third-order valence-corrected chi connectivity index (χ3v) is 4.01. The molecule has 1 aromatic heterocycles. The molecule has 0 aliphatic heterocycles. The van der Waals surface area contributed by atoms with E-state index in [2.05, 4.69) is 11.9 Å². The van der Waals surface area contributed by atoms with Crippen molar-refractivity contribution < 1.29 is 19.3 Å². The van der Waals surface area contributed by atoms with Crippen molar-refractivity contribution in [3.63, 3.8) is 0 Å². The Morgan fingerprint density at radius 2 is 1.86 bits per heavy atom. The molecule has 114 valence electrons. The molecule has 1 heterocycles. The molecule has 1 aromatic carbocycles. The molecule has 0 radical (unpaired) electrons. The number of ether oxygens (including phenoxy) is 3. The Balaban J connectivity index is 2.21. The number of hydrogen-bond acceptors (Lipinski definition) is 6. The Kier molecular flexibility index (Phi) is 5.41. The molecule has 0 aliphatic rings. The molecule has 21 heavy (non-hydrogen) atoms. The van der Waals surface area contributed by atoms with Gasteiger partial charge in [0.1, 0.15) is 6.61 Å². The fraction of sp³-hybridized carbons (Fsp3) is 0.400. The van der Waals surface area contributed by atoms with E-state index in [9.17, 15) is 5.11 Å². The highest BCUT2D eigenvalue weighted by molar-refractivity contribution is 7.09. The fourth-order valence-corrected chi connectivity index (χ4v) is 2.62. The van der Waals surface area contributed by atoms with Crippen molar-refractivity contribution in [3.8, 4) is 17.2 Å². The number of benzene rings is 1. The van der Waals surface area contributed by atoms with Gasteiger partial charge in [-0.2, -0.15) is 0 Å². The molecule has 6 heteroatoms. The summed E-state index contributed by atoms with van der Waals surface area (Å²) >= 11 is 1.62. The minimum absolute atomic E-state index is 0.0844. The average Bonchev–Trinajstić information content (AvgIpc) is 2.99. The second kappa shape index (κ2) is 7.28. The van der Waals surface area contributed by atoms with Crippen LogP contribution < -0.4 is 14.2 Å². The maximum absolute atomic E-state index is 9.25. The van der Waals surface area contributed by atoms with E-state index >= 15 is 0 Å². The molecule has 1 N–H and O–H groups in total. The van der Waals surface area contributed by atoms with Gasteiger partial charge in [-0.1, -0.05) is 6.92 Å². The van der Waals surface area contributed by atoms with Crippen LogP contribution in [0.25, 0.3) is 0 Å². The third kappa shape index (κ3) is 3.65. The molecule has 0 saturated carbocycles. The minimum Gasteiger partial charge on any atom is -0.493 e. The van der Waals surface area contributed by atoms with Crippen LogP contribution in [0.3, 0.4) is 0 Å². The van der Waals surface area contributed by atoms with Crippen LogP contribution in [0.1, 0.15) is 23.2 Å². The molecule has 0 bridgehead atoms. The minimum atomic E-state index is -0.0844. The van der Waals surface area contributed by atoms with Crippen molar-refractivity contribution in [3.05, 3.63) is 33.8 Å². The second-order valence-corrected chi connectivity index (χ2v) is 5.31. The molecule has 5 nitrogen and oxygen atoms in total. The lowest BCUT2D eigenvalue weighted by Gasteiger charge is -2.15. The van der Waals surface area contributed by atoms with E-state index in [4.69, 9.17) is 14.2 Å². The van der Waals surface area contributed by atoms with E-state index in [-0.39, 0.29) is 6.61 Å². The lowest BCUT2D eigenvalue weighted by atomic mass is 10.2. The van der Waals surface area contributed by atoms with Crippen molar-refractivity contribution in [1.82, 2.24) is 4.98 Å². The number of aromatic nitrogens is 1. The smallest absolute Gasteiger partial charge is 0.203 e. The molecular formula is C15H19NO4S. The highest BCUT2D eigenvalue weighted by Crippen LogP contribution is 2.39. The van der Waals surface area contributed by atoms with Crippen molar-refractivity contribution in [1.29, 1.82) is 0 Å². The highest BCUT2D eigenvalue weighted by Gasteiger charge is 2.14. The predicted molar refractivity (Wildman–Crippen MR) is 81.3 cm³/mol. The standard InChI is InChI=1S/C15H19NO4S/c1-4-14-16-11(9-21-14)8-20-15-12(18-2)5-10(7-17)6-13(15)19-3/h5-6,9,17H,4,7-8H2,1-3H3. The number of hydrogen-bond donors (Lipinski definition) is 1. The summed E-state index contributed by atoms with van der Waals surface area (Å²) in [7, 11) is 3.11. The van der Waals surface area contributed by atoms with Crippen LogP contribution in [0.4, 0.5) is 0 Å². The first-order chi connectivity index (χ1) is 10.2. The lowest BCUT2D eigenvalue weighted by molar-refractivity contribution is 0.258. The van der Waals surface area contributed by atoms with Crippen LogP contribution in [-0.2, 0) is 19.6 Å². The number of rotatable bonds is 7. The second-order valence-electron chi connectivity index (χ2n) is 4.36. The van der Waals surface area contributed by atoms with Gasteiger partial charge in [-0.25, -0.2) is 4.98 Å². The molecule has 0 unspecified atom stereocenters. The van der Waals surface area contributed by atoms with Crippen LogP contribution in [0.2, 0.25) is 0 Å². The van der Waals surface area contributed by atoms with Gasteiger partial charge in [-0.05, 0) is 24.1 Å². The summed E-state index contributed by atoms with van der Waals surface area (Å²) in [5, 5.41) is 12.3. The zero-order valence-electron chi connectivity index (χ0n) is 12.4. The van der Waals surface area contributed by atoms with E-state index in [1.165, 1.54) is 0 Å². The third-order valence-electron chi connectivity index (χ3n) is 2.97. The number of methoxy groups -OCH3 is 2. The molecule has 0 aliphatic carbocycles. The molecule has 0 saturated heterocycles. The number of aliphatic hydroxyl groups excluding tert-OH is 1. The van der Waals surface area contributed by atoms with Gasteiger partial charge in [-0.15, -0.1) is 11.3 Å². The van der Waals surface area contributed by atoms with Crippen LogP contribution in [0.15, 0.2) is 17.5 Å². The summed E-state index contributed by atoms with van der Waals surface area (Å²) < 4.78 is 16.4. The molecule has 0 spiro atoms. The van der Waals surface area contributed by atoms with Gasteiger partial charge in [0.2, 0.25) is 5.75 Å². The van der Waals surface area contributed by atoms with Crippen molar-refractivity contribution >= 4 is 11.3 Å². The number of aliphatic hydroxyl groups is 1. The van der Waals surface area contributed by atoms with Crippen molar-refractivity contribution in [2.45, 2.75) is 26.6 Å². The molecule has 0 amide bonds. The predicted octanol–water partition coefficient (Wildman–Crippen LogP) is 2.79. The first-order valence-corrected chi connectivity index (χ1v) is 7.51. The zero-order valence-corrected chi connectivity index (χ0v) is 13.2. The van der Waals surface area contributed by atoms with Gasteiger partial charge in [0.05, 0.1) is 31.5 Å². The fourth-order valence-electron chi connectivity index (χ4n) is 1.89. The van der Waals surface area contributed by atoms with Crippen LogP contribution in [-0.4, -0.2) is 24.3 Å². The van der Waals surface area contributed by atoms with Crippen LogP contribution in [0.5, 0.6) is 17.2 Å². The van der Waals surface area contributed by atoms with Crippen molar-refractivity contribution in [2.24, 2.45) is 0 Å². The summed E-state index contributed by atoms with van der Waals surface area (Å²) in [6, 6.07) is 3.47. The van der Waals surface area contributed by atoms with E-state index in [0.29, 0.717) is 29.4 Å². The molecular weight excluding hydrogens is 290 g/mol. The van der Waals surface area contributed by atoms with Gasteiger partial charge < -0.3 is 19.3 Å². The lowest BCUT2D eigenvalue weighted by Crippen LogP contribution is -2.01. The Bertz CT molecular complexity index is 572. The van der Waals surface area contributed by atoms with Crippen LogP contribution in [0, 0.1) is 0 Å². The maximum atomic E-state index is 9.25. The first-order valence-electron chi connectivity index (χ1n) is 6.63.